The number of rotatable bonds is 7. The van der Waals surface area contributed by atoms with Gasteiger partial charge in [-0.15, -0.1) is 16.9 Å². The highest BCUT2D eigenvalue weighted by molar-refractivity contribution is 8.03. The van der Waals surface area contributed by atoms with Gasteiger partial charge in [-0.25, -0.2) is 9.48 Å². The summed E-state index contributed by atoms with van der Waals surface area (Å²) in [6.07, 6.45) is 2.21. The van der Waals surface area contributed by atoms with Crippen molar-refractivity contribution in [2.75, 3.05) is 20.6 Å². The van der Waals surface area contributed by atoms with Crippen LogP contribution in [0, 0.1) is 11.8 Å². The van der Waals surface area contributed by atoms with Crippen LogP contribution in [0.1, 0.15) is 32.0 Å². The van der Waals surface area contributed by atoms with Crippen LogP contribution in [0.25, 0.3) is 0 Å². The maximum atomic E-state index is 13.0. The van der Waals surface area contributed by atoms with Crippen molar-refractivity contribution in [3.63, 3.8) is 0 Å². The van der Waals surface area contributed by atoms with Gasteiger partial charge in [0, 0.05) is 36.7 Å². The number of amides is 2. The van der Waals surface area contributed by atoms with E-state index in [4.69, 9.17) is 0 Å². The van der Waals surface area contributed by atoms with Crippen molar-refractivity contribution in [2.24, 2.45) is 11.8 Å². The lowest BCUT2D eigenvalue weighted by molar-refractivity contribution is -0.159. The molecule has 3 aliphatic rings. The molecule has 4 rings (SSSR count). The number of aliphatic hydroxyl groups is 1. The molecule has 2 fully saturated rings. The Morgan fingerprint density at radius 2 is 2.12 bits per heavy atom. The Morgan fingerprint density at radius 1 is 1.41 bits per heavy atom. The normalized spacial score (nSPS) is 30.3. The first-order valence-electron chi connectivity index (χ1n) is 10.6. The maximum absolute atomic E-state index is 13.0. The first-order chi connectivity index (χ1) is 15.1. The van der Waals surface area contributed by atoms with E-state index in [1.54, 1.807) is 29.9 Å². The molecule has 11 nitrogen and oxygen atoms in total. The standard InChI is InChI=1S/C20H28N6O5S/c1-9-15-14(10(2)25-7-11(8-27)22-23-25)19(29)26(15)16(20(30)31)17(9)32-12-5-13(21-6-12)18(28)24(3)4/h7,9-10,12-15,21,27H,5-6,8H2,1-4H3,(H,30,31)/t9-,10-,12+,13+,14-,15-/m1/s1. The molecule has 1 aromatic rings. The van der Waals surface area contributed by atoms with E-state index < -0.39 is 11.9 Å². The fraction of sp³-hybridized carbons (Fsp3) is 0.650. The summed E-state index contributed by atoms with van der Waals surface area (Å²) in [6, 6.07) is -0.886. The Kier molecular flexibility index (Phi) is 6.03. The molecule has 4 heterocycles. The van der Waals surface area contributed by atoms with Crippen LogP contribution in [-0.4, -0.2) is 90.8 Å². The molecule has 0 saturated carbocycles. The molecule has 2 saturated heterocycles. The van der Waals surface area contributed by atoms with E-state index in [0.29, 0.717) is 23.6 Å². The van der Waals surface area contributed by atoms with Crippen LogP contribution in [0.15, 0.2) is 16.8 Å². The highest BCUT2D eigenvalue weighted by Crippen LogP contribution is 2.53. The summed E-state index contributed by atoms with van der Waals surface area (Å²) < 4.78 is 1.56. The number of hydrogen-bond acceptors (Lipinski definition) is 8. The fourth-order valence-electron chi connectivity index (χ4n) is 4.90. The van der Waals surface area contributed by atoms with E-state index >= 15 is 0 Å². The molecule has 0 radical (unpaired) electrons. The lowest BCUT2D eigenvalue weighted by Crippen LogP contribution is -2.62. The van der Waals surface area contributed by atoms with E-state index in [1.165, 1.54) is 16.7 Å². The number of likely N-dealkylation sites (N-methyl/N-ethyl adjacent to an activating group) is 1. The number of carbonyl (C=O) groups is 3. The summed E-state index contributed by atoms with van der Waals surface area (Å²) in [6.45, 7) is 4.16. The van der Waals surface area contributed by atoms with Crippen molar-refractivity contribution in [1.82, 2.24) is 30.1 Å². The van der Waals surface area contributed by atoms with Gasteiger partial charge in [-0.1, -0.05) is 12.1 Å². The molecule has 0 bridgehead atoms. The summed E-state index contributed by atoms with van der Waals surface area (Å²) in [5, 5.41) is 30.3. The van der Waals surface area contributed by atoms with Gasteiger partial charge in [0.25, 0.3) is 0 Å². The summed E-state index contributed by atoms with van der Waals surface area (Å²) in [5.41, 5.74) is 0.467. The third-order valence-electron chi connectivity index (χ3n) is 6.57. The SMILES string of the molecule is C[C@H]([C@H]1C(=O)N2C(C(=O)O)=C(S[C@@H]3CN[C@H](C(=O)N(C)C)C3)[C@H](C)[C@H]12)n1cc(CO)nn1. The van der Waals surface area contributed by atoms with Crippen molar-refractivity contribution in [3.8, 4) is 0 Å². The molecule has 2 amide bonds. The zero-order valence-electron chi connectivity index (χ0n) is 18.4. The number of fused-ring (bicyclic) bond motifs is 1. The minimum atomic E-state index is -1.11. The Hall–Kier alpha value is -2.44. The van der Waals surface area contributed by atoms with Gasteiger partial charge in [0.1, 0.15) is 11.4 Å². The third kappa shape index (κ3) is 3.59. The number of thioether (sulfide) groups is 1. The number of nitrogens with zero attached hydrogens (tertiary/aromatic N) is 5. The third-order valence-corrected chi connectivity index (χ3v) is 8.08. The number of carboxylic acids is 1. The fourth-order valence-corrected chi connectivity index (χ4v) is 6.38. The lowest BCUT2D eigenvalue weighted by Gasteiger charge is -2.47. The van der Waals surface area contributed by atoms with Crippen LogP contribution < -0.4 is 5.32 Å². The van der Waals surface area contributed by atoms with E-state index in [-0.39, 0.29) is 53.4 Å². The predicted molar refractivity (Wildman–Crippen MR) is 115 cm³/mol. The zero-order chi connectivity index (χ0) is 23.3. The van der Waals surface area contributed by atoms with E-state index in [2.05, 4.69) is 15.6 Å². The van der Waals surface area contributed by atoms with Gasteiger partial charge in [-0.05, 0) is 13.3 Å². The Bertz CT molecular complexity index is 977. The molecule has 6 atom stereocenters. The number of nitrogens with one attached hydrogen (secondary N) is 1. The van der Waals surface area contributed by atoms with Crippen LogP contribution in [-0.2, 0) is 21.0 Å². The van der Waals surface area contributed by atoms with Crippen molar-refractivity contribution >= 4 is 29.5 Å². The number of aromatic nitrogens is 3. The molecule has 0 unspecified atom stereocenters. The summed E-state index contributed by atoms with van der Waals surface area (Å²) in [7, 11) is 3.43. The first-order valence-corrected chi connectivity index (χ1v) is 11.5. The van der Waals surface area contributed by atoms with Crippen molar-refractivity contribution in [1.29, 1.82) is 0 Å². The smallest absolute Gasteiger partial charge is 0.353 e. The predicted octanol–water partition coefficient (Wildman–Crippen LogP) is -0.344. The Labute approximate surface area is 189 Å². The number of hydrogen-bond donors (Lipinski definition) is 3. The second kappa shape index (κ2) is 8.49. The summed E-state index contributed by atoms with van der Waals surface area (Å²) in [5.74, 6) is -1.94. The Balaban J connectivity index is 1.53. The molecule has 3 N–H and O–H groups in total. The van der Waals surface area contributed by atoms with Gasteiger partial charge in [0.05, 0.1) is 36.8 Å². The average molecular weight is 465 g/mol. The van der Waals surface area contributed by atoms with E-state index in [9.17, 15) is 24.6 Å². The second-order valence-corrected chi connectivity index (χ2v) is 10.1. The van der Waals surface area contributed by atoms with Gasteiger partial charge in [0.2, 0.25) is 11.8 Å². The van der Waals surface area contributed by atoms with Crippen LogP contribution in [0.4, 0.5) is 0 Å². The first kappa shape index (κ1) is 22.7. The molecule has 0 aliphatic carbocycles. The molecular weight excluding hydrogens is 436 g/mol. The number of aliphatic hydroxyl groups excluding tert-OH is 1. The minimum absolute atomic E-state index is 0.00275. The topological polar surface area (TPSA) is 141 Å². The quantitative estimate of drug-likeness (QED) is 0.462. The van der Waals surface area contributed by atoms with Crippen molar-refractivity contribution in [3.05, 3.63) is 22.5 Å². The average Bonchev–Trinajstić information content (AvgIpc) is 3.46. The van der Waals surface area contributed by atoms with Crippen LogP contribution in [0.5, 0.6) is 0 Å². The minimum Gasteiger partial charge on any atom is -0.477 e. The largest absolute Gasteiger partial charge is 0.477 e. The highest BCUT2D eigenvalue weighted by atomic mass is 32.2. The molecular formula is C20H28N6O5S. The Morgan fingerprint density at radius 3 is 2.72 bits per heavy atom. The van der Waals surface area contributed by atoms with Gasteiger partial charge in [0.15, 0.2) is 0 Å². The van der Waals surface area contributed by atoms with Crippen molar-refractivity contribution in [2.45, 2.75) is 50.3 Å². The lowest BCUT2D eigenvalue weighted by atomic mass is 9.78. The molecule has 174 valence electrons. The second-order valence-electron chi connectivity index (χ2n) is 8.79. The summed E-state index contributed by atoms with van der Waals surface area (Å²) in [4.78, 5) is 41.1. The monoisotopic (exact) mass is 464 g/mol. The number of carboxylic acid groups (broad SMARTS) is 1. The zero-order valence-corrected chi connectivity index (χ0v) is 19.2. The van der Waals surface area contributed by atoms with Crippen LogP contribution in [0.2, 0.25) is 0 Å². The van der Waals surface area contributed by atoms with Crippen LogP contribution >= 0.6 is 11.8 Å². The van der Waals surface area contributed by atoms with Crippen LogP contribution in [0.3, 0.4) is 0 Å². The molecule has 0 spiro atoms. The van der Waals surface area contributed by atoms with E-state index in [0.717, 1.165) is 0 Å². The summed E-state index contributed by atoms with van der Waals surface area (Å²) >= 11 is 1.46. The number of carbonyl (C=O) groups excluding carboxylic acids is 2. The molecule has 1 aromatic heterocycles. The maximum Gasteiger partial charge on any atom is 0.353 e. The van der Waals surface area contributed by atoms with Gasteiger partial charge >= 0.3 is 5.97 Å². The molecule has 3 aliphatic heterocycles. The highest BCUT2D eigenvalue weighted by Gasteiger charge is 2.60. The number of aliphatic carboxylic acids is 1. The van der Waals surface area contributed by atoms with Gasteiger partial charge in [-0.3, -0.25) is 9.59 Å². The van der Waals surface area contributed by atoms with E-state index in [1.807, 2.05) is 13.8 Å². The molecule has 32 heavy (non-hydrogen) atoms. The molecule has 12 heteroatoms. The molecule has 0 aromatic carbocycles. The van der Waals surface area contributed by atoms with Gasteiger partial charge in [-0.2, -0.15) is 0 Å². The van der Waals surface area contributed by atoms with Gasteiger partial charge < -0.3 is 25.3 Å². The van der Waals surface area contributed by atoms with Crippen molar-refractivity contribution < 1.29 is 24.6 Å². The number of β-lactam (4-membered cyclic amide) rings is 1.